The molecule has 0 bridgehead atoms. The first kappa shape index (κ1) is 16.2. The maximum Gasteiger partial charge on any atom is 0.239 e. The van der Waals surface area contributed by atoms with Gasteiger partial charge in [0.25, 0.3) is 0 Å². The summed E-state index contributed by atoms with van der Waals surface area (Å²) in [5.41, 5.74) is 6.71. The van der Waals surface area contributed by atoms with Gasteiger partial charge in [-0.3, -0.25) is 14.3 Å². The summed E-state index contributed by atoms with van der Waals surface area (Å²) in [6.45, 7) is 4.17. The second kappa shape index (κ2) is 7.64. The molecule has 0 aliphatic heterocycles. The molecule has 0 radical (unpaired) electrons. The third kappa shape index (κ3) is 5.00. The molecule has 4 N–H and O–H groups in total. The number of nitrogens with two attached hydrogens (primary N) is 1. The van der Waals surface area contributed by atoms with Crippen LogP contribution in [-0.4, -0.2) is 40.7 Å². The van der Waals surface area contributed by atoms with Crippen LogP contribution in [0.4, 0.5) is 0 Å². The molecule has 0 fully saturated rings. The molecule has 112 valence electrons. The van der Waals surface area contributed by atoms with Gasteiger partial charge in [0.2, 0.25) is 11.8 Å². The monoisotopic (exact) mass is 281 g/mol. The van der Waals surface area contributed by atoms with Crippen LogP contribution in [0.2, 0.25) is 0 Å². The van der Waals surface area contributed by atoms with Crippen LogP contribution in [0.5, 0.6) is 0 Å². The number of nitrogens with one attached hydrogen (secondary N) is 2. The highest BCUT2D eigenvalue weighted by Gasteiger charge is 2.17. The van der Waals surface area contributed by atoms with Gasteiger partial charge in [-0.25, -0.2) is 0 Å². The molecule has 0 spiro atoms. The van der Waals surface area contributed by atoms with Crippen LogP contribution in [0, 0.1) is 5.92 Å². The lowest BCUT2D eigenvalue weighted by atomic mass is 10.1. The minimum absolute atomic E-state index is 0.0444. The van der Waals surface area contributed by atoms with Gasteiger partial charge in [0.1, 0.15) is 0 Å². The van der Waals surface area contributed by atoms with Crippen LogP contribution in [0.1, 0.15) is 19.5 Å². The highest BCUT2D eigenvalue weighted by molar-refractivity contribution is 5.87. The molecule has 0 saturated heterocycles. The summed E-state index contributed by atoms with van der Waals surface area (Å²) in [7, 11) is 1.85. The lowest BCUT2D eigenvalue weighted by Crippen LogP contribution is -2.47. The van der Waals surface area contributed by atoms with Crippen molar-refractivity contribution in [2.24, 2.45) is 18.7 Å². The minimum Gasteiger partial charge on any atom is -0.354 e. The summed E-state index contributed by atoms with van der Waals surface area (Å²) in [4.78, 5) is 23.1. The molecule has 0 aromatic carbocycles. The fourth-order valence-corrected chi connectivity index (χ4v) is 1.63. The predicted molar refractivity (Wildman–Crippen MR) is 75.7 cm³/mol. The number of amides is 2. The van der Waals surface area contributed by atoms with Gasteiger partial charge in [0, 0.05) is 31.9 Å². The quantitative estimate of drug-likeness (QED) is 0.607. The Morgan fingerprint density at radius 3 is 2.65 bits per heavy atom. The predicted octanol–water partition coefficient (Wildman–Crippen LogP) is -0.822. The fourth-order valence-electron chi connectivity index (χ4n) is 1.63. The molecule has 0 saturated carbocycles. The molecule has 2 amide bonds. The van der Waals surface area contributed by atoms with Crippen LogP contribution in [-0.2, 0) is 23.1 Å². The van der Waals surface area contributed by atoms with Crippen molar-refractivity contribution in [3.63, 3.8) is 0 Å². The molecular weight excluding hydrogens is 258 g/mol. The van der Waals surface area contributed by atoms with E-state index in [-0.39, 0.29) is 24.3 Å². The third-order valence-corrected chi connectivity index (χ3v) is 3.07. The van der Waals surface area contributed by atoms with Gasteiger partial charge in [-0.15, -0.1) is 0 Å². The Kier molecular flexibility index (Phi) is 6.17. The van der Waals surface area contributed by atoms with Gasteiger partial charge in [-0.2, -0.15) is 5.10 Å². The van der Waals surface area contributed by atoms with Gasteiger partial charge in [0.15, 0.2) is 0 Å². The lowest BCUT2D eigenvalue weighted by molar-refractivity contribution is -0.127. The summed E-state index contributed by atoms with van der Waals surface area (Å²) in [6.07, 6.45) is 2.41. The Morgan fingerprint density at radius 2 is 2.10 bits per heavy atom. The zero-order valence-electron chi connectivity index (χ0n) is 12.2. The van der Waals surface area contributed by atoms with Crippen molar-refractivity contribution in [2.75, 3.05) is 13.1 Å². The Hall–Kier alpha value is -1.89. The number of hydrogen-bond donors (Lipinski definition) is 3. The van der Waals surface area contributed by atoms with E-state index in [0.717, 1.165) is 5.69 Å². The number of rotatable bonds is 7. The van der Waals surface area contributed by atoms with Gasteiger partial charge in [0.05, 0.1) is 12.6 Å². The first-order chi connectivity index (χ1) is 9.41. The summed E-state index contributed by atoms with van der Waals surface area (Å²) in [5.74, 6) is -0.485. The summed E-state index contributed by atoms with van der Waals surface area (Å²) in [5, 5.41) is 9.30. The van der Waals surface area contributed by atoms with E-state index in [0.29, 0.717) is 13.0 Å². The highest BCUT2D eigenvalue weighted by atomic mass is 16.2. The van der Waals surface area contributed by atoms with Crippen molar-refractivity contribution in [1.82, 2.24) is 20.4 Å². The van der Waals surface area contributed by atoms with E-state index in [1.807, 2.05) is 27.0 Å². The van der Waals surface area contributed by atoms with Crippen molar-refractivity contribution in [3.05, 3.63) is 18.0 Å². The smallest absolute Gasteiger partial charge is 0.239 e. The molecule has 1 rings (SSSR count). The van der Waals surface area contributed by atoms with Crippen molar-refractivity contribution in [2.45, 2.75) is 26.3 Å². The molecule has 1 heterocycles. The Balaban J connectivity index is 2.21. The second-order valence-electron chi connectivity index (χ2n) is 5.03. The number of aromatic nitrogens is 2. The second-order valence-corrected chi connectivity index (χ2v) is 5.03. The summed E-state index contributed by atoms with van der Waals surface area (Å²) >= 11 is 0. The largest absolute Gasteiger partial charge is 0.354 e. The van der Waals surface area contributed by atoms with Gasteiger partial charge >= 0.3 is 0 Å². The average molecular weight is 281 g/mol. The molecule has 1 aromatic rings. The van der Waals surface area contributed by atoms with Crippen LogP contribution >= 0.6 is 0 Å². The normalized spacial score (nSPS) is 12.2. The van der Waals surface area contributed by atoms with E-state index in [4.69, 9.17) is 5.73 Å². The zero-order chi connectivity index (χ0) is 15.1. The van der Waals surface area contributed by atoms with Crippen LogP contribution < -0.4 is 16.4 Å². The van der Waals surface area contributed by atoms with Gasteiger partial charge < -0.3 is 16.4 Å². The summed E-state index contributed by atoms with van der Waals surface area (Å²) in [6, 6.07) is 1.31. The van der Waals surface area contributed by atoms with E-state index in [2.05, 4.69) is 15.7 Å². The molecule has 20 heavy (non-hydrogen) atoms. The Labute approximate surface area is 118 Å². The minimum atomic E-state index is -0.586. The van der Waals surface area contributed by atoms with Crippen molar-refractivity contribution < 1.29 is 9.59 Å². The highest BCUT2D eigenvalue weighted by Crippen LogP contribution is 1.97. The lowest BCUT2D eigenvalue weighted by Gasteiger charge is -2.15. The molecule has 7 heteroatoms. The zero-order valence-corrected chi connectivity index (χ0v) is 12.2. The van der Waals surface area contributed by atoms with E-state index in [1.165, 1.54) is 0 Å². The van der Waals surface area contributed by atoms with E-state index in [9.17, 15) is 9.59 Å². The number of nitrogens with zero attached hydrogens (tertiary/aromatic N) is 2. The van der Waals surface area contributed by atoms with E-state index >= 15 is 0 Å². The topological polar surface area (TPSA) is 102 Å². The number of carbonyl (C=O) groups excluding carboxylic acids is 2. The third-order valence-electron chi connectivity index (χ3n) is 3.07. The Bertz CT molecular complexity index is 455. The van der Waals surface area contributed by atoms with Crippen LogP contribution in [0.3, 0.4) is 0 Å². The number of carbonyl (C=O) groups is 2. The van der Waals surface area contributed by atoms with Crippen molar-refractivity contribution >= 4 is 11.8 Å². The molecular formula is C13H23N5O2. The first-order valence-electron chi connectivity index (χ1n) is 6.68. The molecule has 7 nitrogen and oxygen atoms in total. The molecule has 0 aliphatic rings. The molecule has 1 atom stereocenters. The van der Waals surface area contributed by atoms with Crippen molar-refractivity contribution in [3.8, 4) is 0 Å². The van der Waals surface area contributed by atoms with Gasteiger partial charge in [-0.1, -0.05) is 13.8 Å². The molecule has 0 unspecified atom stereocenters. The standard InChI is InChI=1S/C13H23N5O2/c1-9(2)12(14)13(20)16-8-11(19)15-6-4-10-5-7-17-18(10)3/h5,7,9,12H,4,6,8,14H2,1-3H3,(H,15,19)(H,16,20)/t12-/m0/s1. The summed E-state index contributed by atoms with van der Waals surface area (Å²) < 4.78 is 1.76. The van der Waals surface area contributed by atoms with Crippen LogP contribution in [0.25, 0.3) is 0 Å². The maximum absolute atomic E-state index is 11.6. The molecule has 1 aromatic heterocycles. The molecule has 0 aliphatic carbocycles. The van der Waals surface area contributed by atoms with Gasteiger partial charge in [-0.05, 0) is 12.0 Å². The Morgan fingerprint density at radius 1 is 1.40 bits per heavy atom. The number of aryl methyl sites for hydroxylation is 1. The average Bonchev–Trinajstić information content (AvgIpc) is 2.80. The first-order valence-corrected chi connectivity index (χ1v) is 6.68. The van der Waals surface area contributed by atoms with E-state index in [1.54, 1.807) is 10.9 Å². The van der Waals surface area contributed by atoms with E-state index < -0.39 is 6.04 Å². The number of hydrogen-bond acceptors (Lipinski definition) is 4. The fraction of sp³-hybridized carbons (Fsp3) is 0.615. The van der Waals surface area contributed by atoms with Crippen molar-refractivity contribution in [1.29, 1.82) is 0 Å². The SMILES string of the molecule is CC(C)[C@H](N)C(=O)NCC(=O)NCCc1ccnn1C. The maximum atomic E-state index is 11.6. The van der Waals surface area contributed by atoms with Crippen LogP contribution in [0.15, 0.2) is 12.3 Å².